The van der Waals surface area contributed by atoms with Crippen molar-refractivity contribution in [2.24, 2.45) is 5.92 Å². The predicted molar refractivity (Wildman–Crippen MR) is 105 cm³/mol. The number of unbranched alkanes of at least 4 members (excludes halogenated alkanes) is 2. The Kier molecular flexibility index (Phi) is 7.40. The van der Waals surface area contributed by atoms with Crippen LogP contribution in [0.5, 0.6) is 5.75 Å². The van der Waals surface area contributed by atoms with Crippen molar-refractivity contribution >= 4 is 0 Å². The minimum absolute atomic E-state index is 0.0714. The summed E-state index contributed by atoms with van der Waals surface area (Å²) < 4.78 is 45.3. The van der Waals surface area contributed by atoms with Gasteiger partial charge in [0.25, 0.3) is 0 Å². The maximum atomic E-state index is 14.4. The molecule has 0 atom stereocenters. The van der Waals surface area contributed by atoms with Gasteiger partial charge in [-0.1, -0.05) is 50.5 Å². The summed E-state index contributed by atoms with van der Waals surface area (Å²) in [7, 11) is 0. The van der Waals surface area contributed by atoms with Gasteiger partial charge in [0.05, 0.1) is 19.8 Å². The molecule has 0 aliphatic carbocycles. The number of halogens is 2. The maximum absolute atomic E-state index is 14.4. The van der Waals surface area contributed by atoms with E-state index in [0.29, 0.717) is 24.7 Å². The van der Waals surface area contributed by atoms with Gasteiger partial charge in [0.2, 0.25) is 5.82 Å². The zero-order valence-corrected chi connectivity index (χ0v) is 16.5. The molecular formula is C23H28F2O3. The number of hydrogen-bond acceptors (Lipinski definition) is 3. The zero-order chi connectivity index (χ0) is 19.9. The Balaban J connectivity index is 1.64. The van der Waals surface area contributed by atoms with Crippen molar-refractivity contribution < 1.29 is 23.0 Å². The molecule has 1 aliphatic heterocycles. The van der Waals surface area contributed by atoms with Gasteiger partial charge in [-0.05, 0) is 31.0 Å². The smallest absolute Gasteiger partial charge is 0.201 e. The van der Waals surface area contributed by atoms with Crippen LogP contribution in [-0.4, -0.2) is 19.8 Å². The molecule has 152 valence electrons. The fourth-order valence-corrected chi connectivity index (χ4v) is 3.43. The van der Waals surface area contributed by atoms with Gasteiger partial charge in [0.15, 0.2) is 17.9 Å². The molecule has 3 rings (SSSR count). The Bertz CT molecular complexity index is 753. The van der Waals surface area contributed by atoms with Gasteiger partial charge in [-0.25, -0.2) is 4.39 Å². The Labute approximate surface area is 165 Å². The highest BCUT2D eigenvalue weighted by Gasteiger charge is 2.23. The number of ether oxygens (including phenoxy) is 3. The second-order valence-electron chi connectivity index (χ2n) is 7.15. The Morgan fingerprint density at radius 2 is 1.64 bits per heavy atom. The zero-order valence-electron chi connectivity index (χ0n) is 16.5. The molecule has 3 nitrogen and oxygen atoms in total. The summed E-state index contributed by atoms with van der Waals surface area (Å²) in [5.74, 6) is -1.49. The molecule has 28 heavy (non-hydrogen) atoms. The van der Waals surface area contributed by atoms with Crippen LogP contribution in [0.1, 0.15) is 51.4 Å². The quantitative estimate of drug-likeness (QED) is 0.497. The third kappa shape index (κ3) is 4.89. The molecule has 0 unspecified atom stereocenters. The van der Waals surface area contributed by atoms with Gasteiger partial charge in [0, 0.05) is 17.0 Å². The molecular weight excluding hydrogens is 362 g/mol. The van der Waals surface area contributed by atoms with Crippen molar-refractivity contribution in [1.82, 2.24) is 0 Å². The van der Waals surface area contributed by atoms with Crippen molar-refractivity contribution in [3.05, 3.63) is 53.6 Å². The minimum Gasteiger partial charge on any atom is -0.491 e. The molecule has 1 heterocycles. The normalized spacial score (nSPS) is 19.6. The molecule has 0 radical (unpaired) electrons. The molecule has 2 aromatic carbocycles. The molecule has 1 saturated heterocycles. The van der Waals surface area contributed by atoms with Gasteiger partial charge < -0.3 is 14.2 Å². The fraction of sp³-hybridized carbons (Fsp3) is 0.478. The number of rotatable bonds is 8. The lowest BCUT2D eigenvalue weighted by molar-refractivity contribution is -0.206. The molecule has 2 aromatic rings. The van der Waals surface area contributed by atoms with E-state index >= 15 is 0 Å². The molecule has 0 amide bonds. The van der Waals surface area contributed by atoms with Gasteiger partial charge in [-0.2, -0.15) is 4.39 Å². The third-order valence-corrected chi connectivity index (χ3v) is 5.02. The lowest BCUT2D eigenvalue weighted by Crippen LogP contribution is -2.27. The minimum atomic E-state index is -0.962. The third-order valence-electron chi connectivity index (χ3n) is 5.02. The molecule has 0 N–H and O–H groups in total. The average Bonchev–Trinajstić information content (AvgIpc) is 2.73. The van der Waals surface area contributed by atoms with Crippen LogP contribution in [0.4, 0.5) is 8.78 Å². The SMILES string of the molecule is CCCCCC1COC(c2ccc(-c3ccc(OCC)c(F)c3F)cc2)OC1. The summed E-state index contributed by atoms with van der Waals surface area (Å²) in [6.07, 6.45) is 4.38. The summed E-state index contributed by atoms with van der Waals surface area (Å²) in [5.41, 5.74) is 1.67. The van der Waals surface area contributed by atoms with Gasteiger partial charge in [-0.3, -0.25) is 0 Å². The first-order valence-corrected chi connectivity index (χ1v) is 10.1. The van der Waals surface area contributed by atoms with E-state index < -0.39 is 17.9 Å². The first-order chi connectivity index (χ1) is 13.6. The molecule has 0 spiro atoms. The van der Waals surface area contributed by atoms with E-state index in [4.69, 9.17) is 14.2 Å². The Hall–Kier alpha value is -1.98. The molecule has 0 aromatic heterocycles. The van der Waals surface area contributed by atoms with Crippen LogP contribution in [0.3, 0.4) is 0 Å². The van der Waals surface area contributed by atoms with E-state index in [1.807, 2.05) is 12.1 Å². The molecule has 0 bridgehead atoms. The van der Waals surface area contributed by atoms with Crippen molar-refractivity contribution in [2.45, 2.75) is 45.8 Å². The van der Waals surface area contributed by atoms with Gasteiger partial charge in [-0.15, -0.1) is 0 Å². The van der Waals surface area contributed by atoms with E-state index in [-0.39, 0.29) is 17.9 Å². The molecule has 0 saturated carbocycles. The van der Waals surface area contributed by atoms with Crippen LogP contribution < -0.4 is 4.74 Å². The lowest BCUT2D eigenvalue weighted by Gasteiger charge is -2.29. The molecule has 5 heteroatoms. The average molecular weight is 390 g/mol. The van der Waals surface area contributed by atoms with E-state index in [1.54, 1.807) is 19.1 Å². The largest absolute Gasteiger partial charge is 0.491 e. The Morgan fingerprint density at radius 3 is 2.29 bits per heavy atom. The van der Waals surface area contributed by atoms with Crippen LogP contribution in [-0.2, 0) is 9.47 Å². The van der Waals surface area contributed by atoms with Crippen LogP contribution in [0, 0.1) is 17.6 Å². The molecule has 1 aliphatic rings. The van der Waals surface area contributed by atoms with Crippen LogP contribution in [0.2, 0.25) is 0 Å². The van der Waals surface area contributed by atoms with E-state index in [1.165, 1.54) is 31.4 Å². The predicted octanol–water partition coefficient (Wildman–Crippen LogP) is 6.27. The monoisotopic (exact) mass is 390 g/mol. The Morgan fingerprint density at radius 1 is 0.929 bits per heavy atom. The molecule has 1 fully saturated rings. The highest BCUT2D eigenvalue weighted by atomic mass is 19.2. The lowest BCUT2D eigenvalue weighted by atomic mass is 10.0. The van der Waals surface area contributed by atoms with Gasteiger partial charge >= 0.3 is 0 Å². The van der Waals surface area contributed by atoms with Crippen molar-refractivity contribution in [3.8, 4) is 16.9 Å². The van der Waals surface area contributed by atoms with Crippen LogP contribution in [0.15, 0.2) is 36.4 Å². The highest BCUT2D eigenvalue weighted by Crippen LogP contribution is 2.32. The standard InChI is InChI=1S/C23H28F2O3/c1-3-5-6-7-16-14-27-23(28-15-16)18-10-8-17(9-11-18)19-12-13-20(26-4-2)22(25)21(19)24/h8-13,16,23H,3-7,14-15H2,1-2H3. The first-order valence-electron chi connectivity index (χ1n) is 10.1. The van der Waals surface area contributed by atoms with Crippen molar-refractivity contribution in [2.75, 3.05) is 19.8 Å². The van der Waals surface area contributed by atoms with E-state index in [0.717, 1.165) is 12.0 Å². The number of hydrogen-bond donors (Lipinski definition) is 0. The summed E-state index contributed by atoms with van der Waals surface area (Å²) in [5, 5.41) is 0. The second kappa shape index (κ2) is 9.99. The fourth-order valence-electron chi connectivity index (χ4n) is 3.43. The van der Waals surface area contributed by atoms with E-state index in [2.05, 4.69) is 6.92 Å². The summed E-state index contributed by atoms with van der Waals surface area (Å²) >= 11 is 0. The van der Waals surface area contributed by atoms with Gasteiger partial charge in [0.1, 0.15) is 0 Å². The maximum Gasteiger partial charge on any atom is 0.201 e. The van der Waals surface area contributed by atoms with Crippen LogP contribution in [0.25, 0.3) is 11.1 Å². The highest BCUT2D eigenvalue weighted by molar-refractivity contribution is 5.65. The first kappa shape index (κ1) is 20.7. The second-order valence-corrected chi connectivity index (χ2v) is 7.15. The van der Waals surface area contributed by atoms with E-state index in [9.17, 15) is 8.78 Å². The number of benzene rings is 2. The van der Waals surface area contributed by atoms with Crippen LogP contribution >= 0.6 is 0 Å². The van der Waals surface area contributed by atoms with Crippen molar-refractivity contribution in [3.63, 3.8) is 0 Å². The summed E-state index contributed by atoms with van der Waals surface area (Å²) in [6, 6.07) is 10.2. The topological polar surface area (TPSA) is 27.7 Å². The van der Waals surface area contributed by atoms with Crippen molar-refractivity contribution in [1.29, 1.82) is 0 Å². The summed E-state index contributed by atoms with van der Waals surface area (Å²) in [4.78, 5) is 0. The summed E-state index contributed by atoms with van der Waals surface area (Å²) in [6.45, 7) is 5.59.